The first-order valence-corrected chi connectivity index (χ1v) is 9.11. The van der Waals surface area contributed by atoms with Gasteiger partial charge >= 0.3 is 0 Å². The summed E-state index contributed by atoms with van der Waals surface area (Å²) in [5.41, 5.74) is 0.563. The number of piperidine rings is 1. The van der Waals surface area contributed by atoms with Gasteiger partial charge in [-0.25, -0.2) is 0 Å². The summed E-state index contributed by atoms with van der Waals surface area (Å²) < 4.78 is 0. The molecular weight excluding hydrogens is 310 g/mol. The summed E-state index contributed by atoms with van der Waals surface area (Å²) >= 11 is 1.53. The monoisotopic (exact) mass is 337 g/mol. The minimum absolute atomic E-state index is 0.0123. The smallest absolute Gasteiger partial charge is 0.252 e. The van der Waals surface area contributed by atoms with Crippen molar-refractivity contribution in [3.63, 3.8) is 0 Å². The Morgan fingerprint density at radius 2 is 2.00 bits per heavy atom. The lowest BCUT2D eigenvalue weighted by molar-refractivity contribution is -0.124. The Balaban J connectivity index is 1.66. The third-order valence-corrected chi connectivity index (χ3v) is 4.61. The fourth-order valence-corrected chi connectivity index (χ4v) is 3.38. The Hall–Kier alpha value is -1.40. The molecule has 0 spiro atoms. The van der Waals surface area contributed by atoms with Gasteiger partial charge in [0.2, 0.25) is 5.91 Å². The van der Waals surface area contributed by atoms with Gasteiger partial charge in [-0.05, 0) is 64.1 Å². The van der Waals surface area contributed by atoms with Crippen LogP contribution < -0.4 is 10.6 Å². The molecule has 1 aliphatic heterocycles. The number of amides is 2. The summed E-state index contributed by atoms with van der Waals surface area (Å²) in [6.07, 6.45) is 2.04. The van der Waals surface area contributed by atoms with Crippen LogP contribution in [0, 0.1) is 5.92 Å². The van der Waals surface area contributed by atoms with E-state index in [9.17, 15) is 9.59 Å². The van der Waals surface area contributed by atoms with Gasteiger partial charge in [0.15, 0.2) is 0 Å². The molecule has 2 N–H and O–H groups in total. The molecule has 23 heavy (non-hydrogen) atoms. The summed E-state index contributed by atoms with van der Waals surface area (Å²) in [4.78, 5) is 26.1. The molecule has 0 atom stereocenters. The molecule has 6 heteroatoms. The van der Waals surface area contributed by atoms with Crippen molar-refractivity contribution < 1.29 is 9.59 Å². The number of carbonyl (C=O) groups excluding carboxylic acids is 2. The maximum absolute atomic E-state index is 11.9. The Kier molecular flexibility index (Phi) is 6.18. The summed E-state index contributed by atoms with van der Waals surface area (Å²) in [6.45, 7) is 8.99. The van der Waals surface area contributed by atoms with E-state index in [2.05, 4.69) is 15.5 Å². The predicted molar refractivity (Wildman–Crippen MR) is 93.7 cm³/mol. The van der Waals surface area contributed by atoms with Crippen LogP contribution in [-0.2, 0) is 4.79 Å². The first-order chi connectivity index (χ1) is 10.8. The maximum Gasteiger partial charge on any atom is 0.252 e. The van der Waals surface area contributed by atoms with Crippen molar-refractivity contribution in [2.24, 2.45) is 5.92 Å². The molecule has 1 aromatic heterocycles. The molecule has 0 bridgehead atoms. The molecule has 128 valence electrons. The Morgan fingerprint density at radius 1 is 1.30 bits per heavy atom. The molecular formula is C17H27N3O2S. The van der Waals surface area contributed by atoms with Crippen LogP contribution >= 0.6 is 11.3 Å². The topological polar surface area (TPSA) is 61.4 Å². The minimum Gasteiger partial charge on any atom is -0.352 e. The molecule has 0 radical (unpaired) electrons. The fraction of sp³-hybridized carbons (Fsp3) is 0.647. The number of hydrogen-bond acceptors (Lipinski definition) is 4. The van der Waals surface area contributed by atoms with E-state index in [0.717, 1.165) is 38.0 Å². The van der Waals surface area contributed by atoms with Crippen LogP contribution in [0.1, 0.15) is 44.0 Å². The SMILES string of the molecule is CC(C)(C)NC(=O)CN1CCC(CNC(=O)c2ccsc2)CC1. The summed E-state index contributed by atoms with van der Waals surface area (Å²) in [6, 6.07) is 1.84. The van der Waals surface area contributed by atoms with Gasteiger partial charge < -0.3 is 10.6 Å². The number of thiophene rings is 1. The highest BCUT2D eigenvalue weighted by Gasteiger charge is 2.22. The molecule has 5 nitrogen and oxygen atoms in total. The van der Waals surface area contributed by atoms with Crippen LogP contribution in [-0.4, -0.2) is 48.4 Å². The Labute approximate surface area is 142 Å². The van der Waals surface area contributed by atoms with Crippen LogP contribution in [0.15, 0.2) is 16.8 Å². The van der Waals surface area contributed by atoms with Crippen molar-refractivity contribution in [3.8, 4) is 0 Å². The van der Waals surface area contributed by atoms with Crippen molar-refractivity contribution in [1.82, 2.24) is 15.5 Å². The zero-order valence-corrected chi connectivity index (χ0v) is 15.0. The van der Waals surface area contributed by atoms with Gasteiger partial charge in [-0.1, -0.05) is 0 Å². The van der Waals surface area contributed by atoms with E-state index in [1.807, 2.05) is 37.6 Å². The van der Waals surface area contributed by atoms with Crippen LogP contribution in [0.2, 0.25) is 0 Å². The second kappa shape index (κ2) is 7.93. The summed E-state index contributed by atoms with van der Waals surface area (Å²) in [7, 11) is 0. The number of nitrogens with one attached hydrogen (secondary N) is 2. The first kappa shape index (κ1) is 17.9. The number of hydrogen-bond donors (Lipinski definition) is 2. The molecule has 0 aromatic carbocycles. The van der Waals surface area contributed by atoms with E-state index in [0.29, 0.717) is 12.5 Å². The molecule has 1 fully saturated rings. The second-order valence-corrected chi connectivity index (χ2v) is 8.02. The molecule has 1 aromatic rings. The van der Waals surface area contributed by atoms with Gasteiger partial charge in [0.1, 0.15) is 0 Å². The van der Waals surface area contributed by atoms with Gasteiger partial charge in [0, 0.05) is 23.0 Å². The summed E-state index contributed by atoms with van der Waals surface area (Å²) in [5.74, 6) is 0.597. The largest absolute Gasteiger partial charge is 0.352 e. The minimum atomic E-state index is -0.179. The van der Waals surface area contributed by atoms with Crippen molar-refractivity contribution in [3.05, 3.63) is 22.4 Å². The molecule has 1 aliphatic rings. The highest BCUT2D eigenvalue weighted by Crippen LogP contribution is 2.16. The van der Waals surface area contributed by atoms with E-state index < -0.39 is 0 Å². The van der Waals surface area contributed by atoms with Gasteiger partial charge in [0.25, 0.3) is 5.91 Å². The lowest BCUT2D eigenvalue weighted by Crippen LogP contribution is -2.48. The zero-order valence-electron chi connectivity index (χ0n) is 14.2. The Morgan fingerprint density at radius 3 is 2.57 bits per heavy atom. The summed E-state index contributed by atoms with van der Waals surface area (Å²) in [5, 5.41) is 9.79. The first-order valence-electron chi connectivity index (χ1n) is 8.17. The normalized spacial score (nSPS) is 17.0. The Bertz CT molecular complexity index is 514. The lowest BCUT2D eigenvalue weighted by Gasteiger charge is -2.32. The molecule has 1 saturated heterocycles. The van der Waals surface area contributed by atoms with Crippen molar-refractivity contribution in [2.45, 2.75) is 39.2 Å². The average molecular weight is 337 g/mol. The zero-order chi connectivity index (χ0) is 16.9. The molecule has 0 unspecified atom stereocenters. The van der Waals surface area contributed by atoms with E-state index in [4.69, 9.17) is 0 Å². The average Bonchev–Trinajstić information content (AvgIpc) is 2.98. The van der Waals surface area contributed by atoms with Gasteiger partial charge in [-0.3, -0.25) is 14.5 Å². The third kappa shape index (κ3) is 6.31. The van der Waals surface area contributed by atoms with Crippen LogP contribution in [0.3, 0.4) is 0 Å². The molecule has 2 amide bonds. The van der Waals surface area contributed by atoms with Gasteiger partial charge in [-0.2, -0.15) is 11.3 Å². The van der Waals surface area contributed by atoms with Crippen LogP contribution in [0.25, 0.3) is 0 Å². The lowest BCUT2D eigenvalue weighted by atomic mass is 9.96. The quantitative estimate of drug-likeness (QED) is 0.865. The third-order valence-electron chi connectivity index (χ3n) is 3.92. The predicted octanol–water partition coefficient (Wildman–Crippen LogP) is 2.10. The number of rotatable bonds is 5. The standard InChI is InChI=1S/C17H27N3O2S/c1-17(2,3)19-15(21)11-20-7-4-13(5-8-20)10-18-16(22)14-6-9-23-12-14/h6,9,12-13H,4-5,7-8,10-11H2,1-3H3,(H,18,22)(H,19,21). The fourth-order valence-electron chi connectivity index (χ4n) is 2.74. The van der Waals surface area contributed by atoms with Crippen molar-refractivity contribution >= 4 is 23.2 Å². The van der Waals surface area contributed by atoms with E-state index >= 15 is 0 Å². The van der Waals surface area contributed by atoms with Gasteiger partial charge in [0.05, 0.1) is 6.54 Å². The van der Waals surface area contributed by atoms with E-state index in [1.54, 1.807) is 0 Å². The number of likely N-dealkylation sites (tertiary alicyclic amines) is 1. The second-order valence-electron chi connectivity index (χ2n) is 7.24. The van der Waals surface area contributed by atoms with Crippen molar-refractivity contribution in [2.75, 3.05) is 26.2 Å². The van der Waals surface area contributed by atoms with E-state index in [1.165, 1.54) is 11.3 Å². The maximum atomic E-state index is 11.9. The highest BCUT2D eigenvalue weighted by molar-refractivity contribution is 7.08. The molecule has 2 heterocycles. The molecule has 0 aliphatic carbocycles. The van der Waals surface area contributed by atoms with Crippen molar-refractivity contribution in [1.29, 1.82) is 0 Å². The molecule has 0 saturated carbocycles. The number of nitrogens with zero attached hydrogens (tertiary/aromatic N) is 1. The van der Waals surface area contributed by atoms with E-state index in [-0.39, 0.29) is 17.4 Å². The molecule has 2 rings (SSSR count). The van der Waals surface area contributed by atoms with Gasteiger partial charge in [-0.15, -0.1) is 0 Å². The van der Waals surface area contributed by atoms with Crippen LogP contribution in [0.4, 0.5) is 0 Å². The number of carbonyl (C=O) groups is 2. The highest BCUT2D eigenvalue weighted by atomic mass is 32.1. The van der Waals surface area contributed by atoms with Crippen LogP contribution in [0.5, 0.6) is 0 Å².